The molecule has 1 unspecified atom stereocenters. The molecule has 1 heterocycles. The maximum atomic E-state index is 14.3. The van der Waals surface area contributed by atoms with Gasteiger partial charge < -0.3 is 0 Å². The van der Waals surface area contributed by atoms with Crippen LogP contribution in [0.25, 0.3) is 0 Å². The van der Waals surface area contributed by atoms with E-state index in [1.165, 1.54) is 0 Å². The van der Waals surface area contributed by atoms with E-state index in [-0.39, 0.29) is 0 Å². The van der Waals surface area contributed by atoms with Crippen molar-refractivity contribution in [3.63, 3.8) is 0 Å². The number of Topliss-reactive ketones (excluding diaryl/α,β-unsaturated/α-hetero) is 1. The molecule has 0 aromatic rings. The van der Waals surface area contributed by atoms with Crippen LogP contribution < -0.4 is 0 Å². The first-order valence-corrected chi connectivity index (χ1v) is 7.46. The fourth-order valence-corrected chi connectivity index (χ4v) is 2.46. The molecule has 0 bridgehead atoms. The van der Waals surface area contributed by atoms with Crippen molar-refractivity contribution in [1.82, 2.24) is 10.0 Å². The molecule has 1 rings (SSSR count). The molecule has 1 atom stereocenters. The van der Waals surface area contributed by atoms with Gasteiger partial charge in [-0.2, -0.15) is 83.4 Å². The number of carbonyl (C=O) groups is 1. The molecule has 0 N–H and O–H groups in total. The highest BCUT2D eigenvalue weighted by molar-refractivity contribution is 5.98. The van der Waals surface area contributed by atoms with Crippen LogP contribution in [-0.2, 0) is 4.79 Å². The van der Waals surface area contributed by atoms with Gasteiger partial charge in [-0.05, 0) is 5.12 Å². The SMILES string of the molecule is O=C(C(F)(C(F)(F)F)C(F)(F)F)C(F)(C(F)(F)F)C(F)(F)N1C(F)(F)C(F)(F)N(F)C(F)(F)C1(F)F. The Balaban J connectivity index is 4.26. The van der Waals surface area contributed by atoms with Crippen LogP contribution in [0.5, 0.6) is 0 Å². The smallest absolute Gasteiger partial charge is 0.291 e. The number of alkyl halides is 21. The Kier molecular flexibility index (Phi) is 6.73. The molecule has 0 aromatic heterocycles. The molecule has 0 aliphatic carbocycles. The Labute approximate surface area is 179 Å². The number of hydrogen-bond acceptors (Lipinski definition) is 3. The van der Waals surface area contributed by atoms with Gasteiger partial charge in [-0.15, -0.1) is 9.38 Å². The van der Waals surface area contributed by atoms with Crippen molar-refractivity contribution in [3.8, 4) is 0 Å². The van der Waals surface area contributed by atoms with Gasteiger partial charge in [0.15, 0.2) is 0 Å². The zero-order valence-corrected chi connectivity index (χ0v) is 15.1. The predicted molar refractivity (Wildman–Crippen MR) is 60.4 cm³/mol. The van der Waals surface area contributed by atoms with Crippen molar-refractivity contribution >= 4 is 5.78 Å². The largest absolute Gasteiger partial charge is 0.439 e. The number of ketones is 1. The topological polar surface area (TPSA) is 23.6 Å². The quantitative estimate of drug-likeness (QED) is 0.223. The van der Waals surface area contributed by atoms with E-state index in [1.807, 2.05) is 0 Å². The van der Waals surface area contributed by atoms with Gasteiger partial charge in [-0.25, -0.2) is 8.78 Å². The fraction of sp³-hybridized carbons (Fsp3) is 0.909. The Bertz CT molecular complexity index is 840. The van der Waals surface area contributed by atoms with E-state index < -0.39 is 75.9 Å². The first kappa shape index (κ1) is 32.1. The number of nitrogens with zero attached hydrogens (tertiary/aromatic N) is 2. The summed E-state index contributed by atoms with van der Waals surface area (Å²) in [6.45, 7) is 0. The Morgan fingerprint density at radius 3 is 0.944 bits per heavy atom. The highest BCUT2D eigenvalue weighted by atomic mass is 19.4. The van der Waals surface area contributed by atoms with Crippen molar-refractivity contribution in [2.75, 3.05) is 0 Å². The zero-order chi connectivity index (χ0) is 29.7. The molecule has 0 saturated carbocycles. The molecule has 0 spiro atoms. The van der Waals surface area contributed by atoms with Crippen molar-refractivity contribution in [2.45, 2.75) is 60.1 Å². The third-order valence-corrected chi connectivity index (χ3v) is 4.27. The highest BCUT2D eigenvalue weighted by Crippen LogP contribution is 2.65. The minimum Gasteiger partial charge on any atom is -0.291 e. The van der Waals surface area contributed by atoms with Crippen molar-refractivity contribution in [3.05, 3.63) is 0 Å². The number of piperazine rings is 1. The molecular weight excluding hydrogens is 594 g/mol. The summed E-state index contributed by atoms with van der Waals surface area (Å²) in [6.07, 6.45) is -25.3. The molecule has 0 radical (unpaired) electrons. The van der Waals surface area contributed by atoms with Crippen LogP contribution in [0.15, 0.2) is 0 Å². The summed E-state index contributed by atoms with van der Waals surface area (Å²) in [6, 6.07) is -41.6. The van der Waals surface area contributed by atoms with Gasteiger partial charge in [0.25, 0.3) is 0 Å². The van der Waals surface area contributed by atoms with Crippen LogP contribution >= 0.6 is 0 Å². The third-order valence-electron chi connectivity index (χ3n) is 4.27. The Hall–Kier alpha value is -1.95. The summed E-state index contributed by atoms with van der Waals surface area (Å²) in [5.41, 5.74) is -17.6. The van der Waals surface area contributed by atoms with Crippen LogP contribution in [0.3, 0.4) is 0 Å². The summed E-state index contributed by atoms with van der Waals surface area (Å²) < 4.78 is 290. The molecule has 1 aliphatic heterocycles. The van der Waals surface area contributed by atoms with Gasteiger partial charge in [0.1, 0.15) is 0 Å². The minimum absolute atomic E-state index is 4.27. The maximum absolute atomic E-state index is 14.3. The summed E-state index contributed by atoms with van der Waals surface area (Å²) in [4.78, 5) is 6.17. The van der Waals surface area contributed by atoms with Gasteiger partial charge >= 0.3 is 60.1 Å². The maximum Gasteiger partial charge on any atom is 0.439 e. The summed E-state index contributed by atoms with van der Waals surface area (Å²) in [5.74, 6) is -6.33. The number of carbonyl (C=O) groups excluding carboxylic acids is 1. The summed E-state index contributed by atoms with van der Waals surface area (Å²) in [5, 5.41) is -4.27. The summed E-state index contributed by atoms with van der Waals surface area (Å²) >= 11 is 0. The lowest BCUT2D eigenvalue weighted by Crippen LogP contribution is -2.86. The van der Waals surface area contributed by atoms with Gasteiger partial charge in [0.2, 0.25) is 5.78 Å². The molecule has 3 nitrogen and oxygen atoms in total. The molecule has 36 heavy (non-hydrogen) atoms. The molecule has 25 heteroatoms. The normalized spacial score (nSPS) is 25.4. The van der Waals surface area contributed by atoms with Crippen LogP contribution in [0.4, 0.5) is 96.7 Å². The van der Waals surface area contributed by atoms with E-state index in [9.17, 15) is 101 Å². The monoisotopic (exact) mass is 594 g/mol. The minimum atomic E-state index is -9.11. The van der Waals surface area contributed by atoms with E-state index >= 15 is 0 Å². The van der Waals surface area contributed by atoms with E-state index in [2.05, 4.69) is 0 Å². The van der Waals surface area contributed by atoms with Gasteiger partial charge in [-0.1, -0.05) is 0 Å². The number of halogens is 22. The van der Waals surface area contributed by atoms with Gasteiger partial charge in [0.05, 0.1) is 0 Å². The lowest BCUT2D eigenvalue weighted by atomic mass is 9.83. The van der Waals surface area contributed by atoms with E-state index in [4.69, 9.17) is 0 Å². The fourth-order valence-electron chi connectivity index (χ4n) is 2.46. The van der Waals surface area contributed by atoms with Gasteiger partial charge in [0, 0.05) is 0 Å². The van der Waals surface area contributed by atoms with Crippen LogP contribution in [0, 0.1) is 0 Å². The second-order valence-corrected chi connectivity index (χ2v) is 6.46. The van der Waals surface area contributed by atoms with E-state index in [0.717, 1.165) is 0 Å². The zero-order valence-electron chi connectivity index (χ0n) is 15.1. The lowest BCUT2D eigenvalue weighted by Gasteiger charge is -2.53. The van der Waals surface area contributed by atoms with Crippen LogP contribution in [0.1, 0.15) is 0 Å². The molecule has 1 aliphatic rings. The van der Waals surface area contributed by atoms with Crippen molar-refractivity contribution < 1.29 is 101 Å². The van der Waals surface area contributed by atoms with Crippen LogP contribution in [-0.4, -0.2) is 75.9 Å². The number of hydrogen-bond donors (Lipinski definition) is 0. The predicted octanol–water partition coefficient (Wildman–Crippen LogP) is 6.13. The Morgan fingerprint density at radius 1 is 0.472 bits per heavy atom. The average Bonchev–Trinajstić information content (AvgIpc) is 2.60. The van der Waals surface area contributed by atoms with E-state index in [1.54, 1.807) is 0 Å². The molecule has 1 saturated heterocycles. The second-order valence-electron chi connectivity index (χ2n) is 6.46. The first-order chi connectivity index (χ1) is 15.2. The lowest BCUT2D eigenvalue weighted by molar-refractivity contribution is -0.572. The van der Waals surface area contributed by atoms with Gasteiger partial charge in [-0.3, -0.25) is 4.79 Å². The molecular formula is C11F22N2O. The summed E-state index contributed by atoms with van der Waals surface area (Å²) in [7, 11) is 0. The highest BCUT2D eigenvalue weighted by Gasteiger charge is 2.97. The molecule has 214 valence electrons. The average molecular weight is 594 g/mol. The number of rotatable bonds is 4. The second kappa shape index (κ2) is 7.55. The first-order valence-electron chi connectivity index (χ1n) is 7.46. The molecule has 1 fully saturated rings. The standard InChI is InChI=1S/C11F22N2O/c12-2(4(14,15)16,5(17,18)19)1(36)3(13,6(20,21)22)7(23,24)34-8(25,26)10(29,30)35(33)11(31,32)9(34,27)28. The third kappa shape index (κ3) is 3.49. The molecule has 0 aromatic carbocycles. The van der Waals surface area contributed by atoms with Crippen molar-refractivity contribution in [2.24, 2.45) is 0 Å². The molecule has 0 amide bonds. The van der Waals surface area contributed by atoms with Crippen molar-refractivity contribution in [1.29, 1.82) is 0 Å². The van der Waals surface area contributed by atoms with E-state index in [0.29, 0.717) is 0 Å². The Morgan fingerprint density at radius 2 is 0.722 bits per heavy atom. The van der Waals surface area contributed by atoms with Crippen LogP contribution in [0.2, 0.25) is 0 Å².